The topological polar surface area (TPSA) is 68.0 Å². The first-order valence-corrected chi connectivity index (χ1v) is 10.1. The molecule has 1 aromatic heterocycles. The van der Waals surface area contributed by atoms with Crippen LogP contribution in [0, 0.1) is 6.92 Å². The summed E-state index contributed by atoms with van der Waals surface area (Å²) in [5.41, 5.74) is 2.25. The van der Waals surface area contributed by atoms with Crippen LogP contribution >= 0.6 is 0 Å². The largest absolute Gasteiger partial charge is 0.491 e. The van der Waals surface area contributed by atoms with Crippen molar-refractivity contribution in [2.24, 2.45) is 4.99 Å². The van der Waals surface area contributed by atoms with Gasteiger partial charge in [0.1, 0.15) is 18.1 Å². The van der Waals surface area contributed by atoms with Gasteiger partial charge in [-0.3, -0.25) is 0 Å². The summed E-state index contributed by atoms with van der Waals surface area (Å²) >= 11 is 0. The maximum Gasteiger partial charge on any atom is 0.191 e. The molecule has 0 amide bonds. The molecular weight excluding hydrogens is 354 g/mol. The standard InChI is InChI=1S/C22H31N3O3/c1-3-23-22(24-11-10-19-6-4-12-26-19)25-15-18-9-8-17(2)14-21(18)28-16-20-7-5-13-27-20/h4,6,8-9,12,14,20H,3,5,7,10-11,13,15-16H2,1-2H3,(H2,23,24,25). The van der Waals surface area contributed by atoms with Crippen LogP contribution < -0.4 is 15.4 Å². The van der Waals surface area contributed by atoms with Gasteiger partial charge in [-0.2, -0.15) is 0 Å². The molecule has 1 fully saturated rings. The second-order valence-electron chi connectivity index (χ2n) is 7.01. The number of hydrogen-bond acceptors (Lipinski definition) is 4. The zero-order chi connectivity index (χ0) is 19.6. The first-order chi connectivity index (χ1) is 13.7. The Bertz CT molecular complexity index is 737. The molecule has 152 valence electrons. The maximum atomic E-state index is 6.08. The van der Waals surface area contributed by atoms with Crippen LogP contribution in [0.15, 0.2) is 46.0 Å². The SMILES string of the molecule is CCNC(=NCc1ccc(C)cc1OCC1CCCO1)NCCc1ccco1. The molecule has 6 heteroatoms. The number of furan rings is 1. The number of nitrogens with one attached hydrogen (secondary N) is 2. The fraction of sp³-hybridized carbons (Fsp3) is 0.500. The summed E-state index contributed by atoms with van der Waals surface area (Å²) in [6.45, 7) is 7.70. The van der Waals surface area contributed by atoms with Crippen LogP contribution in [-0.2, 0) is 17.7 Å². The van der Waals surface area contributed by atoms with Crippen LogP contribution in [0.1, 0.15) is 36.7 Å². The number of nitrogens with zero attached hydrogens (tertiary/aromatic N) is 1. The minimum absolute atomic E-state index is 0.206. The maximum absolute atomic E-state index is 6.08. The lowest BCUT2D eigenvalue weighted by atomic mass is 10.1. The van der Waals surface area contributed by atoms with Crippen molar-refractivity contribution >= 4 is 5.96 Å². The minimum atomic E-state index is 0.206. The molecule has 1 aliphatic heterocycles. The molecule has 1 unspecified atom stereocenters. The third-order valence-electron chi connectivity index (χ3n) is 4.67. The normalized spacial score (nSPS) is 16.9. The van der Waals surface area contributed by atoms with Crippen LogP contribution in [0.5, 0.6) is 5.75 Å². The number of aliphatic imine (C=N–C) groups is 1. The third kappa shape index (κ3) is 6.30. The van der Waals surface area contributed by atoms with E-state index in [0.717, 1.165) is 62.0 Å². The molecule has 2 N–H and O–H groups in total. The number of benzene rings is 1. The molecule has 1 atom stereocenters. The van der Waals surface area contributed by atoms with Crippen molar-refractivity contribution < 1.29 is 13.9 Å². The smallest absolute Gasteiger partial charge is 0.191 e. The van der Waals surface area contributed by atoms with Gasteiger partial charge in [-0.1, -0.05) is 12.1 Å². The van der Waals surface area contributed by atoms with Gasteiger partial charge in [0.2, 0.25) is 0 Å². The molecule has 1 saturated heterocycles. The van der Waals surface area contributed by atoms with Crippen LogP contribution in [0.3, 0.4) is 0 Å². The number of aryl methyl sites for hydroxylation is 1. The summed E-state index contributed by atoms with van der Waals surface area (Å²) in [7, 11) is 0. The number of guanidine groups is 1. The van der Waals surface area contributed by atoms with E-state index in [1.54, 1.807) is 6.26 Å². The van der Waals surface area contributed by atoms with Crippen molar-refractivity contribution in [2.75, 3.05) is 26.3 Å². The van der Waals surface area contributed by atoms with E-state index < -0.39 is 0 Å². The summed E-state index contributed by atoms with van der Waals surface area (Å²) in [5, 5.41) is 6.64. The Kier molecular flexibility index (Phi) is 7.79. The highest BCUT2D eigenvalue weighted by Crippen LogP contribution is 2.23. The number of hydrogen-bond donors (Lipinski definition) is 2. The highest BCUT2D eigenvalue weighted by molar-refractivity contribution is 5.79. The van der Waals surface area contributed by atoms with Gasteiger partial charge in [0.25, 0.3) is 0 Å². The van der Waals surface area contributed by atoms with E-state index in [1.807, 2.05) is 12.1 Å². The lowest BCUT2D eigenvalue weighted by Crippen LogP contribution is -2.38. The zero-order valence-electron chi connectivity index (χ0n) is 16.9. The van der Waals surface area contributed by atoms with E-state index in [2.05, 4.69) is 42.7 Å². The van der Waals surface area contributed by atoms with Crippen LogP contribution in [0.4, 0.5) is 0 Å². The first-order valence-electron chi connectivity index (χ1n) is 10.1. The third-order valence-corrected chi connectivity index (χ3v) is 4.67. The van der Waals surface area contributed by atoms with E-state index >= 15 is 0 Å². The molecule has 2 heterocycles. The lowest BCUT2D eigenvalue weighted by Gasteiger charge is -2.15. The quantitative estimate of drug-likeness (QED) is 0.511. The molecular formula is C22H31N3O3. The van der Waals surface area contributed by atoms with Gasteiger partial charge in [0.15, 0.2) is 5.96 Å². The molecule has 6 nitrogen and oxygen atoms in total. The van der Waals surface area contributed by atoms with Crippen molar-refractivity contribution in [3.8, 4) is 5.75 Å². The van der Waals surface area contributed by atoms with Crippen molar-refractivity contribution in [1.82, 2.24) is 10.6 Å². The predicted molar refractivity (Wildman–Crippen MR) is 111 cm³/mol. The Morgan fingerprint density at radius 3 is 2.96 bits per heavy atom. The molecule has 28 heavy (non-hydrogen) atoms. The van der Waals surface area contributed by atoms with Crippen LogP contribution in [0.25, 0.3) is 0 Å². The first kappa shape index (κ1) is 20.3. The summed E-state index contributed by atoms with van der Waals surface area (Å²) in [5.74, 6) is 2.65. The second kappa shape index (κ2) is 10.8. The Labute approximate surface area is 167 Å². The molecule has 0 bridgehead atoms. The van der Waals surface area contributed by atoms with E-state index in [9.17, 15) is 0 Å². The lowest BCUT2D eigenvalue weighted by molar-refractivity contribution is 0.0676. The molecule has 3 rings (SSSR count). The van der Waals surface area contributed by atoms with Crippen LogP contribution in [0.2, 0.25) is 0 Å². The summed E-state index contributed by atoms with van der Waals surface area (Å²) < 4.78 is 17.1. The Hall–Kier alpha value is -2.47. The van der Waals surface area contributed by atoms with Gasteiger partial charge in [-0.15, -0.1) is 0 Å². The van der Waals surface area contributed by atoms with Gasteiger partial charge in [-0.25, -0.2) is 4.99 Å². The molecule has 0 saturated carbocycles. The predicted octanol–water partition coefficient (Wildman–Crippen LogP) is 3.44. The Morgan fingerprint density at radius 2 is 2.21 bits per heavy atom. The minimum Gasteiger partial charge on any atom is -0.491 e. The van der Waals surface area contributed by atoms with E-state index in [-0.39, 0.29) is 6.10 Å². The average molecular weight is 386 g/mol. The monoisotopic (exact) mass is 385 g/mol. The average Bonchev–Trinajstić information content (AvgIpc) is 3.39. The summed E-state index contributed by atoms with van der Waals surface area (Å²) in [6, 6.07) is 10.2. The molecule has 0 spiro atoms. The van der Waals surface area contributed by atoms with Gasteiger partial charge < -0.3 is 24.5 Å². The zero-order valence-corrected chi connectivity index (χ0v) is 16.9. The van der Waals surface area contributed by atoms with Crippen molar-refractivity contribution in [3.63, 3.8) is 0 Å². The summed E-state index contributed by atoms with van der Waals surface area (Å²) in [6.07, 6.45) is 4.91. The Morgan fingerprint density at radius 1 is 1.29 bits per heavy atom. The highest BCUT2D eigenvalue weighted by atomic mass is 16.5. The van der Waals surface area contributed by atoms with E-state index in [4.69, 9.17) is 18.9 Å². The Balaban J connectivity index is 1.58. The van der Waals surface area contributed by atoms with Crippen molar-refractivity contribution in [3.05, 3.63) is 53.5 Å². The molecule has 2 aromatic rings. The molecule has 1 aliphatic rings. The van der Waals surface area contributed by atoms with Gasteiger partial charge >= 0.3 is 0 Å². The van der Waals surface area contributed by atoms with Gasteiger partial charge in [-0.05, 0) is 50.5 Å². The molecule has 0 radical (unpaired) electrons. The van der Waals surface area contributed by atoms with Crippen LogP contribution in [-0.4, -0.2) is 38.4 Å². The number of ether oxygens (including phenoxy) is 2. The molecule has 0 aliphatic carbocycles. The van der Waals surface area contributed by atoms with E-state index in [0.29, 0.717) is 13.2 Å². The highest BCUT2D eigenvalue weighted by Gasteiger charge is 2.17. The van der Waals surface area contributed by atoms with Crippen molar-refractivity contribution in [2.45, 2.75) is 45.8 Å². The number of rotatable bonds is 9. The second-order valence-corrected chi connectivity index (χ2v) is 7.01. The fourth-order valence-corrected chi connectivity index (χ4v) is 3.15. The van der Waals surface area contributed by atoms with Gasteiger partial charge in [0.05, 0.1) is 18.9 Å². The summed E-state index contributed by atoms with van der Waals surface area (Å²) in [4.78, 5) is 4.73. The van der Waals surface area contributed by atoms with Gasteiger partial charge in [0, 0.05) is 31.7 Å². The molecule has 1 aromatic carbocycles. The van der Waals surface area contributed by atoms with Crippen molar-refractivity contribution in [1.29, 1.82) is 0 Å². The fourth-order valence-electron chi connectivity index (χ4n) is 3.15. The van der Waals surface area contributed by atoms with E-state index in [1.165, 1.54) is 5.56 Å².